The van der Waals surface area contributed by atoms with E-state index in [0.717, 1.165) is 23.5 Å². The molecule has 3 heterocycles. The number of ketones is 1. The summed E-state index contributed by atoms with van der Waals surface area (Å²) in [5, 5.41) is 0. The van der Waals surface area contributed by atoms with E-state index < -0.39 is 0 Å². The number of aromatic nitrogens is 2. The summed E-state index contributed by atoms with van der Waals surface area (Å²) in [6.45, 7) is 2.00. The highest BCUT2D eigenvalue weighted by atomic mass is 16.1. The molecule has 2 aromatic rings. The lowest BCUT2D eigenvalue weighted by atomic mass is 10.0. The SMILES string of the molecule is Cc1nc2cccc3n2c1CCC3=O. The second-order valence-electron chi connectivity index (χ2n) is 3.67. The maximum absolute atomic E-state index is 11.6. The third kappa shape index (κ3) is 0.816. The van der Waals surface area contributed by atoms with Crippen LogP contribution in [0.25, 0.3) is 5.65 Å². The number of hydrogen-bond donors (Lipinski definition) is 0. The molecule has 14 heavy (non-hydrogen) atoms. The predicted octanol–water partition coefficient (Wildman–Crippen LogP) is 1.77. The van der Waals surface area contributed by atoms with Gasteiger partial charge >= 0.3 is 0 Å². The Morgan fingerprint density at radius 1 is 1.36 bits per heavy atom. The molecule has 0 atom stereocenters. The number of Topliss-reactive ketones (excluding diaryl/α,β-unsaturated/α-hetero) is 1. The van der Waals surface area contributed by atoms with E-state index in [1.807, 2.05) is 29.5 Å². The normalized spacial score (nSPS) is 15.1. The van der Waals surface area contributed by atoms with Crippen LogP contribution in [0.2, 0.25) is 0 Å². The topological polar surface area (TPSA) is 34.4 Å². The molecular weight excluding hydrogens is 176 g/mol. The average molecular weight is 186 g/mol. The Bertz CT molecular complexity index is 539. The lowest BCUT2D eigenvalue weighted by Crippen LogP contribution is -2.15. The lowest BCUT2D eigenvalue weighted by molar-refractivity contribution is 0.0969. The van der Waals surface area contributed by atoms with E-state index in [0.29, 0.717) is 6.42 Å². The summed E-state index contributed by atoms with van der Waals surface area (Å²) in [7, 11) is 0. The number of pyridine rings is 1. The minimum atomic E-state index is 0.223. The molecule has 0 fully saturated rings. The van der Waals surface area contributed by atoms with Crippen LogP contribution in [0.1, 0.15) is 28.3 Å². The van der Waals surface area contributed by atoms with Gasteiger partial charge in [0, 0.05) is 12.1 Å². The molecule has 2 aromatic heterocycles. The van der Waals surface area contributed by atoms with Crippen LogP contribution in [0.15, 0.2) is 18.2 Å². The molecule has 0 aliphatic carbocycles. The minimum absolute atomic E-state index is 0.223. The minimum Gasteiger partial charge on any atom is -0.293 e. The standard InChI is InChI=1S/C11H10N2O/c1-7-8-5-6-10(14)9-3-2-4-11(12-7)13(8)9/h2-4H,5-6H2,1H3. The molecule has 0 N–H and O–H groups in total. The van der Waals surface area contributed by atoms with Gasteiger partial charge in [-0.25, -0.2) is 4.98 Å². The molecule has 0 saturated heterocycles. The van der Waals surface area contributed by atoms with Crippen molar-refractivity contribution in [2.75, 3.05) is 0 Å². The molecule has 0 unspecified atom stereocenters. The van der Waals surface area contributed by atoms with Gasteiger partial charge in [0.05, 0.1) is 11.4 Å². The van der Waals surface area contributed by atoms with E-state index in [9.17, 15) is 4.79 Å². The van der Waals surface area contributed by atoms with E-state index in [2.05, 4.69) is 4.98 Å². The predicted molar refractivity (Wildman–Crippen MR) is 52.6 cm³/mol. The van der Waals surface area contributed by atoms with Gasteiger partial charge in [0.2, 0.25) is 0 Å². The molecule has 0 saturated carbocycles. The zero-order valence-electron chi connectivity index (χ0n) is 7.95. The highest BCUT2D eigenvalue weighted by Gasteiger charge is 2.21. The first kappa shape index (κ1) is 7.74. The summed E-state index contributed by atoms with van der Waals surface area (Å²) in [4.78, 5) is 16.1. The van der Waals surface area contributed by atoms with Gasteiger partial charge in [0.1, 0.15) is 5.65 Å². The molecule has 70 valence electrons. The van der Waals surface area contributed by atoms with Crippen molar-refractivity contribution in [1.29, 1.82) is 0 Å². The number of rotatable bonds is 0. The fourth-order valence-corrected chi connectivity index (χ4v) is 2.14. The number of carbonyl (C=O) groups is 1. The van der Waals surface area contributed by atoms with Crippen molar-refractivity contribution in [3.63, 3.8) is 0 Å². The van der Waals surface area contributed by atoms with Crippen LogP contribution in [0.3, 0.4) is 0 Å². The molecule has 3 nitrogen and oxygen atoms in total. The van der Waals surface area contributed by atoms with Gasteiger partial charge in [-0.15, -0.1) is 0 Å². The number of aryl methyl sites for hydroxylation is 2. The second-order valence-corrected chi connectivity index (χ2v) is 3.67. The summed E-state index contributed by atoms with van der Waals surface area (Å²) in [6, 6.07) is 5.71. The molecule has 1 aliphatic heterocycles. The van der Waals surface area contributed by atoms with E-state index in [-0.39, 0.29) is 5.78 Å². The van der Waals surface area contributed by atoms with Crippen LogP contribution in [-0.2, 0) is 6.42 Å². The Hall–Kier alpha value is -1.64. The fourth-order valence-electron chi connectivity index (χ4n) is 2.14. The van der Waals surface area contributed by atoms with Crippen LogP contribution in [0.5, 0.6) is 0 Å². The molecule has 3 heteroatoms. The van der Waals surface area contributed by atoms with Crippen LogP contribution >= 0.6 is 0 Å². The Morgan fingerprint density at radius 3 is 3.07 bits per heavy atom. The number of imidazole rings is 1. The monoisotopic (exact) mass is 186 g/mol. The van der Waals surface area contributed by atoms with Gasteiger partial charge in [0.15, 0.2) is 5.78 Å². The molecule has 1 aliphatic rings. The average Bonchev–Trinajstić information content (AvgIpc) is 2.50. The first-order valence-corrected chi connectivity index (χ1v) is 4.77. The first-order chi connectivity index (χ1) is 6.77. The van der Waals surface area contributed by atoms with E-state index in [1.165, 1.54) is 5.69 Å². The van der Waals surface area contributed by atoms with Crippen LogP contribution in [0, 0.1) is 6.92 Å². The van der Waals surface area contributed by atoms with Crippen LogP contribution in [-0.4, -0.2) is 15.2 Å². The van der Waals surface area contributed by atoms with E-state index >= 15 is 0 Å². The quantitative estimate of drug-likeness (QED) is 0.628. The lowest BCUT2D eigenvalue weighted by Gasteiger charge is -2.13. The first-order valence-electron chi connectivity index (χ1n) is 4.77. The number of carbonyl (C=O) groups excluding carboxylic acids is 1. The summed E-state index contributed by atoms with van der Waals surface area (Å²) in [6.07, 6.45) is 1.44. The zero-order valence-corrected chi connectivity index (χ0v) is 7.95. The van der Waals surface area contributed by atoms with Crippen molar-refractivity contribution >= 4 is 11.4 Å². The van der Waals surface area contributed by atoms with Gasteiger partial charge in [-0.05, 0) is 25.5 Å². The molecule has 0 radical (unpaired) electrons. The number of hydrogen-bond acceptors (Lipinski definition) is 2. The zero-order chi connectivity index (χ0) is 9.71. The summed E-state index contributed by atoms with van der Waals surface area (Å²) < 4.78 is 1.99. The Kier molecular flexibility index (Phi) is 1.35. The Balaban J connectivity index is 2.53. The van der Waals surface area contributed by atoms with Crippen molar-refractivity contribution in [3.05, 3.63) is 35.3 Å². The molecule has 0 aromatic carbocycles. The third-order valence-electron chi connectivity index (χ3n) is 2.81. The van der Waals surface area contributed by atoms with Crippen molar-refractivity contribution < 1.29 is 4.79 Å². The maximum atomic E-state index is 11.6. The van der Waals surface area contributed by atoms with E-state index in [4.69, 9.17) is 0 Å². The third-order valence-corrected chi connectivity index (χ3v) is 2.81. The molecule has 0 bridgehead atoms. The molecular formula is C11H10N2O. The largest absolute Gasteiger partial charge is 0.293 e. The highest BCUT2D eigenvalue weighted by Crippen LogP contribution is 2.22. The second kappa shape index (κ2) is 2.44. The van der Waals surface area contributed by atoms with Crippen LogP contribution in [0.4, 0.5) is 0 Å². The van der Waals surface area contributed by atoms with Gasteiger partial charge in [-0.2, -0.15) is 0 Å². The van der Waals surface area contributed by atoms with Crippen LogP contribution < -0.4 is 0 Å². The number of nitrogens with zero attached hydrogens (tertiary/aromatic N) is 2. The van der Waals surface area contributed by atoms with Gasteiger partial charge in [-0.1, -0.05) is 6.07 Å². The van der Waals surface area contributed by atoms with Crippen molar-refractivity contribution in [3.8, 4) is 0 Å². The van der Waals surface area contributed by atoms with Crippen molar-refractivity contribution in [2.45, 2.75) is 19.8 Å². The van der Waals surface area contributed by atoms with Gasteiger partial charge < -0.3 is 0 Å². The summed E-state index contributed by atoms with van der Waals surface area (Å²) >= 11 is 0. The maximum Gasteiger partial charge on any atom is 0.180 e. The Morgan fingerprint density at radius 2 is 2.21 bits per heavy atom. The Labute approximate surface area is 81.4 Å². The summed E-state index contributed by atoms with van der Waals surface area (Å²) in [5.74, 6) is 0.223. The van der Waals surface area contributed by atoms with Crippen molar-refractivity contribution in [2.24, 2.45) is 0 Å². The highest BCUT2D eigenvalue weighted by molar-refractivity contribution is 5.96. The molecule has 0 amide bonds. The van der Waals surface area contributed by atoms with Gasteiger partial charge in [0.25, 0.3) is 0 Å². The van der Waals surface area contributed by atoms with Gasteiger partial charge in [-0.3, -0.25) is 9.20 Å². The fraction of sp³-hybridized carbons (Fsp3) is 0.273. The molecule has 3 rings (SSSR count). The summed E-state index contributed by atoms with van der Waals surface area (Å²) in [5.41, 5.74) is 3.91. The van der Waals surface area contributed by atoms with Crippen molar-refractivity contribution in [1.82, 2.24) is 9.38 Å². The van der Waals surface area contributed by atoms with E-state index in [1.54, 1.807) is 0 Å². The smallest absolute Gasteiger partial charge is 0.180 e. The molecule has 0 spiro atoms.